The number of amides is 3. The maximum Gasteiger partial charge on any atom is 0.283 e. The van der Waals surface area contributed by atoms with E-state index in [1.165, 1.54) is 11.3 Å². The summed E-state index contributed by atoms with van der Waals surface area (Å²) in [4.78, 5) is 44.6. The summed E-state index contributed by atoms with van der Waals surface area (Å²) >= 11 is 7.63. The van der Waals surface area contributed by atoms with Gasteiger partial charge in [0.1, 0.15) is 10.7 Å². The molecule has 0 fully saturated rings. The van der Waals surface area contributed by atoms with Crippen LogP contribution in [0.3, 0.4) is 0 Å². The standard InChI is InChI=1S/C24H21ClN4O3S/c1-12-9-13(2)11-18(10-12)29-22(31)19(25)20(23(29)32)27-17-7-5-16(6-8-17)21(30)28-24-26-14(3)15(4)33-24/h5-11,27H,1-4H3,(H,26,28,30). The SMILES string of the molecule is Cc1cc(C)cc(N2C(=O)C(Cl)=C(Nc3ccc(C(=O)Nc4nc(C)c(C)s4)cc3)C2=O)c1. The average Bonchev–Trinajstić information content (AvgIpc) is 3.17. The average molecular weight is 481 g/mol. The molecule has 3 amide bonds. The lowest BCUT2D eigenvalue weighted by Gasteiger charge is -2.16. The fourth-order valence-electron chi connectivity index (χ4n) is 3.47. The molecule has 3 aromatic rings. The molecule has 0 saturated heterocycles. The molecular formula is C24H21ClN4O3S. The molecule has 7 nitrogen and oxygen atoms in total. The molecule has 0 bridgehead atoms. The maximum absolute atomic E-state index is 13.0. The van der Waals surface area contributed by atoms with Crippen LogP contribution in [0.1, 0.15) is 32.1 Å². The molecule has 2 heterocycles. The normalized spacial score (nSPS) is 13.7. The van der Waals surface area contributed by atoms with Crippen molar-refractivity contribution in [2.45, 2.75) is 27.7 Å². The molecule has 0 radical (unpaired) electrons. The largest absolute Gasteiger partial charge is 0.350 e. The number of nitrogens with zero attached hydrogens (tertiary/aromatic N) is 2. The van der Waals surface area contributed by atoms with Gasteiger partial charge in [-0.15, -0.1) is 11.3 Å². The fraction of sp³-hybridized carbons (Fsp3) is 0.167. The molecule has 0 aliphatic carbocycles. The van der Waals surface area contributed by atoms with E-state index >= 15 is 0 Å². The molecule has 2 aromatic carbocycles. The number of thiazole rings is 1. The van der Waals surface area contributed by atoms with Gasteiger partial charge in [-0.25, -0.2) is 9.88 Å². The highest BCUT2D eigenvalue weighted by atomic mass is 35.5. The number of halogens is 1. The predicted molar refractivity (Wildman–Crippen MR) is 131 cm³/mol. The molecule has 0 atom stereocenters. The zero-order valence-corrected chi connectivity index (χ0v) is 20.0. The lowest BCUT2D eigenvalue weighted by atomic mass is 10.1. The number of rotatable bonds is 5. The molecular weight excluding hydrogens is 460 g/mol. The van der Waals surface area contributed by atoms with Crippen molar-refractivity contribution >= 4 is 57.2 Å². The van der Waals surface area contributed by atoms with Crippen molar-refractivity contribution in [3.63, 3.8) is 0 Å². The van der Waals surface area contributed by atoms with E-state index in [-0.39, 0.29) is 16.6 Å². The van der Waals surface area contributed by atoms with E-state index in [9.17, 15) is 14.4 Å². The topological polar surface area (TPSA) is 91.4 Å². The van der Waals surface area contributed by atoms with Crippen LogP contribution >= 0.6 is 22.9 Å². The van der Waals surface area contributed by atoms with Crippen LogP contribution in [-0.2, 0) is 9.59 Å². The number of imide groups is 1. The van der Waals surface area contributed by atoms with Gasteiger partial charge in [0.2, 0.25) is 0 Å². The third-order valence-electron chi connectivity index (χ3n) is 5.16. The van der Waals surface area contributed by atoms with Gasteiger partial charge in [0.05, 0.1) is 11.4 Å². The number of hydrogen-bond acceptors (Lipinski definition) is 6. The smallest absolute Gasteiger partial charge is 0.283 e. The lowest BCUT2D eigenvalue weighted by molar-refractivity contribution is -0.120. The van der Waals surface area contributed by atoms with E-state index in [0.717, 1.165) is 26.6 Å². The van der Waals surface area contributed by atoms with E-state index in [1.807, 2.05) is 33.8 Å². The van der Waals surface area contributed by atoms with Crippen molar-refractivity contribution in [2.75, 3.05) is 15.5 Å². The van der Waals surface area contributed by atoms with E-state index < -0.39 is 11.8 Å². The number of aryl methyl sites for hydroxylation is 4. The Balaban J connectivity index is 1.50. The first kappa shape index (κ1) is 22.7. The number of nitrogens with one attached hydrogen (secondary N) is 2. The Morgan fingerprint density at radius 1 is 0.970 bits per heavy atom. The van der Waals surface area contributed by atoms with Crippen molar-refractivity contribution in [3.05, 3.63) is 80.5 Å². The number of carbonyl (C=O) groups is 3. The Morgan fingerprint density at radius 2 is 1.61 bits per heavy atom. The van der Waals surface area contributed by atoms with Crippen LogP contribution in [0.15, 0.2) is 53.2 Å². The lowest BCUT2D eigenvalue weighted by Crippen LogP contribution is -2.32. The zero-order chi connectivity index (χ0) is 23.9. The van der Waals surface area contributed by atoms with E-state index in [4.69, 9.17) is 11.6 Å². The molecule has 1 aliphatic heterocycles. The highest BCUT2D eigenvalue weighted by Gasteiger charge is 2.39. The third-order valence-corrected chi connectivity index (χ3v) is 6.50. The van der Waals surface area contributed by atoms with Crippen LogP contribution in [0.25, 0.3) is 0 Å². The summed E-state index contributed by atoms with van der Waals surface area (Å²) in [5.74, 6) is -1.41. The Morgan fingerprint density at radius 3 is 2.18 bits per heavy atom. The summed E-state index contributed by atoms with van der Waals surface area (Å²) in [6, 6.07) is 12.0. The van der Waals surface area contributed by atoms with Gasteiger partial charge in [-0.1, -0.05) is 17.7 Å². The van der Waals surface area contributed by atoms with Crippen molar-refractivity contribution in [2.24, 2.45) is 0 Å². The maximum atomic E-state index is 13.0. The van der Waals surface area contributed by atoms with Crippen LogP contribution in [0, 0.1) is 27.7 Å². The summed E-state index contributed by atoms with van der Waals surface area (Å²) in [6.45, 7) is 7.62. The van der Waals surface area contributed by atoms with Crippen LogP contribution in [-0.4, -0.2) is 22.7 Å². The van der Waals surface area contributed by atoms with Crippen molar-refractivity contribution in [1.29, 1.82) is 0 Å². The molecule has 0 spiro atoms. The van der Waals surface area contributed by atoms with Gasteiger partial charge in [-0.05, 0) is 75.2 Å². The van der Waals surface area contributed by atoms with E-state index in [0.29, 0.717) is 22.1 Å². The monoisotopic (exact) mass is 480 g/mol. The molecule has 168 valence electrons. The number of hydrogen-bond donors (Lipinski definition) is 2. The molecule has 1 aliphatic rings. The molecule has 1 aromatic heterocycles. The Bertz CT molecular complexity index is 1290. The van der Waals surface area contributed by atoms with Crippen molar-refractivity contribution < 1.29 is 14.4 Å². The summed E-state index contributed by atoms with van der Waals surface area (Å²) in [7, 11) is 0. The van der Waals surface area contributed by atoms with Crippen LogP contribution in [0.2, 0.25) is 0 Å². The summed E-state index contributed by atoms with van der Waals surface area (Å²) in [6.07, 6.45) is 0. The summed E-state index contributed by atoms with van der Waals surface area (Å²) < 4.78 is 0. The number of anilines is 3. The molecule has 2 N–H and O–H groups in total. The first-order valence-corrected chi connectivity index (χ1v) is 11.3. The first-order valence-electron chi connectivity index (χ1n) is 10.1. The molecule has 0 unspecified atom stereocenters. The van der Waals surface area contributed by atoms with Gasteiger partial charge in [0.15, 0.2) is 5.13 Å². The zero-order valence-electron chi connectivity index (χ0n) is 18.4. The number of carbonyl (C=O) groups excluding carboxylic acids is 3. The fourth-order valence-corrected chi connectivity index (χ4v) is 4.49. The predicted octanol–water partition coefficient (Wildman–Crippen LogP) is 5.06. The first-order chi connectivity index (χ1) is 15.6. The minimum Gasteiger partial charge on any atom is -0.350 e. The minimum atomic E-state index is -0.584. The van der Waals surface area contributed by atoms with Crippen molar-refractivity contribution in [1.82, 2.24) is 4.98 Å². The van der Waals surface area contributed by atoms with Crippen molar-refractivity contribution in [3.8, 4) is 0 Å². The minimum absolute atomic E-state index is 0.00763. The Hall–Kier alpha value is -3.49. The quantitative estimate of drug-likeness (QED) is 0.498. The Kier molecular flexibility index (Phi) is 6.05. The summed E-state index contributed by atoms with van der Waals surface area (Å²) in [5.41, 5.74) is 4.15. The second-order valence-corrected chi connectivity index (χ2v) is 9.38. The van der Waals surface area contributed by atoms with Gasteiger partial charge in [-0.2, -0.15) is 0 Å². The number of aromatic nitrogens is 1. The van der Waals surface area contributed by atoms with Gasteiger partial charge < -0.3 is 5.32 Å². The second-order valence-electron chi connectivity index (χ2n) is 7.80. The molecule has 9 heteroatoms. The summed E-state index contributed by atoms with van der Waals surface area (Å²) in [5, 5.41) is 6.05. The highest BCUT2D eigenvalue weighted by Crippen LogP contribution is 2.31. The van der Waals surface area contributed by atoms with Crippen LogP contribution < -0.4 is 15.5 Å². The van der Waals surface area contributed by atoms with Gasteiger partial charge in [-0.3, -0.25) is 19.7 Å². The van der Waals surface area contributed by atoms with Crippen LogP contribution in [0.4, 0.5) is 16.5 Å². The van der Waals surface area contributed by atoms with Gasteiger partial charge in [0.25, 0.3) is 17.7 Å². The van der Waals surface area contributed by atoms with Crippen LogP contribution in [0.5, 0.6) is 0 Å². The van der Waals surface area contributed by atoms with E-state index in [1.54, 1.807) is 36.4 Å². The molecule has 0 saturated carbocycles. The third kappa shape index (κ3) is 4.53. The highest BCUT2D eigenvalue weighted by molar-refractivity contribution is 7.15. The second kappa shape index (κ2) is 8.80. The number of benzene rings is 2. The van der Waals surface area contributed by atoms with Gasteiger partial charge in [0, 0.05) is 16.1 Å². The Labute approximate surface area is 200 Å². The molecule has 4 rings (SSSR count). The van der Waals surface area contributed by atoms with E-state index in [2.05, 4.69) is 15.6 Å². The molecule has 33 heavy (non-hydrogen) atoms. The van der Waals surface area contributed by atoms with Gasteiger partial charge >= 0.3 is 0 Å².